The van der Waals surface area contributed by atoms with E-state index in [9.17, 15) is 9.59 Å². The normalized spacial score (nSPS) is 15.3. The standard InChI is InChI=1S/C25H27NO5/c1-5-15-6-8-18-17(12-15)23(27)21-22(26-25(28)24(21)31-18)16-7-9-19(20(13-16)29-4)30-11-10-14(2)3/h6-9,12-14,22H,5,10-11H2,1-4H3,(H,26,28). The summed E-state index contributed by atoms with van der Waals surface area (Å²) >= 11 is 0. The average Bonchev–Trinajstić information content (AvgIpc) is 3.10. The molecule has 1 aliphatic heterocycles. The predicted molar refractivity (Wildman–Crippen MR) is 119 cm³/mol. The highest BCUT2D eigenvalue weighted by molar-refractivity contribution is 5.99. The van der Waals surface area contributed by atoms with Crippen LogP contribution in [0.25, 0.3) is 11.0 Å². The van der Waals surface area contributed by atoms with Gasteiger partial charge in [0.15, 0.2) is 16.9 Å². The van der Waals surface area contributed by atoms with Crippen molar-refractivity contribution in [3.8, 4) is 11.5 Å². The van der Waals surface area contributed by atoms with E-state index in [1.807, 2.05) is 31.2 Å². The Morgan fingerprint density at radius 2 is 1.90 bits per heavy atom. The number of methoxy groups -OCH3 is 1. The fraction of sp³-hybridized carbons (Fsp3) is 0.360. The number of hydrogen-bond acceptors (Lipinski definition) is 5. The molecular formula is C25H27NO5. The Kier molecular flexibility index (Phi) is 5.72. The van der Waals surface area contributed by atoms with E-state index in [0.29, 0.717) is 40.6 Å². The van der Waals surface area contributed by atoms with Gasteiger partial charge in [0.2, 0.25) is 5.76 Å². The van der Waals surface area contributed by atoms with Crippen LogP contribution in [-0.4, -0.2) is 19.6 Å². The van der Waals surface area contributed by atoms with Crippen LogP contribution in [0, 0.1) is 5.92 Å². The first-order valence-electron chi connectivity index (χ1n) is 10.6. The minimum absolute atomic E-state index is 0.0722. The van der Waals surface area contributed by atoms with Gasteiger partial charge in [-0.1, -0.05) is 32.9 Å². The maximum atomic E-state index is 13.3. The number of fused-ring (bicyclic) bond motifs is 2. The molecule has 0 saturated carbocycles. The Labute approximate surface area is 181 Å². The van der Waals surface area contributed by atoms with Gasteiger partial charge in [-0.3, -0.25) is 9.59 Å². The maximum absolute atomic E-state index is 13.3. The molecule has 1 amide bonds. The van der Waals surface area contributed by atoms with Gasteiger partial charge in [0.1, 0.15) is 5.58 Å². The highest BCUT2D eigenvalue weighted by Crippen LogP contribution is 2.36. The number of nitrogens with one attached hydrogen (secondary N) is 1. The van der Waals surface area contributed by atoms with Gasteiger partial charge in [-0.05, 0) is 54.2 Å². The maximum Gasteiger partial charge on any atom is 0.288 e. The van der Waals surface area contributed by atoms with Crippen molar-refractivity contribution in [2.24, 2.45) is 5.92 Å². The number of aryl methyl sites for hydroxylation is 1. The Balaban J connectivity index is 1.75. The minimum Gasteiger partial charge on any atom is -0.493 e. The molecule has 2 heterocycles. The summed E-state index contributed by atoms with van der Waals surface area (Å²) in [5.74, 6) is 1.41. The van der Waals surface area contributed by atoms with E-state index in [1.54, 1.807) is 19.2 Å². The predicted octanol–water partition coefficient (Wildman–Crippen LogP) is 4.62. The summed E-state index contributed by atoms with van der Waals surface area (Å²) in [5, 5.41) is 3.37. The number of amides is 1. The first-order valence-corrected chi connectivity index (χ1v) is 10.6. The lowest BCUT2D eigenvalue weighted by Gasteiger charge is -2.16. The van der Waals surface area contributed by atoms with Crippen molar-refractivity contribution in [1.29, 1.82) is 0 Å². The second-order valence-electron chi connectivity index (χ2n) is 8.21. The molecule has 1 unspecified atom stereocenters. The molecule has 1 aliphatic rings. The Morgan fingerprint density at radius 3 is 2.61 bits per heavy atom. The van der Waals surface area contributed by atoms with E-state index < -0.39 is 11.9 Å². The van der Waals surface area contributed by atoms with Gasteiger partial charge in [0, 0.05) is 0 Å². The van der Waals surface area contributed by atoms with Crippen molar-refractivity contribution in [3.05, 3.63) is 69.1 Å². The second kappa shape index (κ2) is 8.46. The van der Waals surface area contributed by atoms with E-state index >= 15 is 0 Å². The van der Waals surface area contributed by atoms with Crippen LogP contribution in [0.5, 0.6) is 11.5 Å². The van der Waals surface area contributed by atoms with Gasteiger partial charge >= 0.3 is 0 Å². The third kappa shape index (κ3) is 3.90. The second-order valence-corrected chi connectivity index (χ2v) is 8.21. The summed E-state index contributed by atoms with van der Waals surface area (Å²) in [6.45, 7) is 6.90. The number of benzene rings is 2. The lowest BCUT2D eigenvalue weighted by molar-refractivity contribution is 0.0938. The van der Waals surface area contributed by atoms with Crippen molar-refractivity contribution in [2.75, 3.05) is 13.7 Å². The molecule has 6 heteroatoms. The molecule has 4 rings (SSSR count). The lowest BCUT2D eigenvalue weighted by atomic mass is 9.98. The summed E-state index contributed by atoms with van der Waals surface area (Å²) in [4.78, 5) is 25.9. The van der Waals surface area contributed by atoms with E-state index in [0.717, 1.165) is 24.0 Å². The molecule has 0 radical (unpaired) electrons. The van der Waals surface area contributed by atoms with Crippen LogP contribution in [0.4, 0.5) is 0 Å². The first kappa shape index (κ1) is 21.0. The van der Waals surface area contributed by atoms with Crippen LogP contribution in [0.2, 0.25) is 0 Å². The fourth-order valence-corrected chi connectivity index (χ4v) is 3.81. The summed E-state index contributed by atoms with van der Waals surface area (Å²) < 4.78 is 17.2. The quantitative estimate of drug-likeness (QED) is 0.602. The van der Waals surface area contributed by atoms with Crippen molar-refractivity contribution in [3.63, 3.8) is 0 Å². The third-order valence-electron chi connectivity index (χ3n) is 5.64. The van der Waals surface area contributed by atoms with Crippen molar-refractivity contribution in [1.82, 2.24) is 5.32 Å². The minimum atomic E-state index is -0.605. The molecule has 0 aliphatic carbocycles. The summed E-state index contributed by atoms with van der Waals surface area (Å²) in [6, 6.07) is 10.4. The van der Waals surface area contributed by atoms with Crippen LogP contribution in [0.15, 0.2) is 45.6 Å². The SMILES string of the molecule is CCc1ccc2oc3c(c(=O)c2c1)C(c1ccc(OCCC(C)C)c(OC)c1)NC3=O. The van der Waals surface area contributed by atoms with Crippen molar-refractivity contribution >= 4 is 16.9 Å². The van der Waals surface area contributed by atoms with Crippen LogP contribution in [0.1, 0.15) is 60.5 Å². The number of hydrogen-bond donors (Lipinski definition) is 1. The molecule has 1 N–H and O–H groups in total. The molecule has 1 aromatic heterocycles. The van der Waals surface area contributed by atoms with Crippen molar-refractivity contribution < 1.29 is 18.7 Å². The highest BCUT2D eigenvalue weighted by atomic mass is 16.5. The van der Waals surface area contributed by atoms with Gasteiger partial charge in [-0.25, -0.2) is 0 Å². The number of carbonyl (C=O) groups excluding carboxylic acids is 1. The van der Waals surface area contributed by atoms with Crippen molar-refractivity contribution in [2.45, 2.75) is 39.7 Å². The summed E-state index contributed by atoms with van der Waals surface area (Å²) in [5.41, 5.74) is 2.34. The molecule has 0 fully saturated rings. The molecule has 31 heavy (non-hydrogen) atoms. The topological polar surface area (TPSA) is 77.8 Å². The molecule has 2 aromatic carbocycles. The monoisotopic (exact) mass is 421 g/mol. The van der Waals surface area contributed by atoms with Gasteiger partial charge < -0.3 is 19.2 Å². The zero-order valence-corrected chi connectivity index (χ0v) is 18.3. The first-order chi connectivity index (χ1) is 14.9. The molecule has 6 nitrogen and oxygen atoms in total. The number of ether oxygens (including phenoxy) is 2. The average molecular weight is 421 g/mol. The van der Waals surface area contributed by atoms with Gasteiger partial charge in [0.05, 0.1) is 30.7 Å². The number of rotatable bonds is 7. The van der Waals surface area contributed by atoms with E-state index in [2.05, 4.69) is 19.2 Å². The van der Waals surface area contributed by atoms with E-state index in [-0.39, 0.29) is 11.2 Å². The van der Waals surface area contributed by atoms with E-state index in [1.165, 1.54) is 0 Å². The Hall–Kier alpha value is -3.28. The molecule has 0 spiro atoms. The molecule has 3 aromatic rings. The molecule has 1 atom stereocenters. The largest absolute Gasteiger partial charge is 0.493 e. The lowest BCUT2D eigenvalue weighted by Crippen LogP contribution is -2.22. The zero-order valence-electron chi connectivity index (χ0n) is 18.3. The van der Waals surface area contributed by atoms with Crippen LogP contribution in [-0.2, 0) is 6.42 Å². The van der Waals surface area contributed by atoms with E-state index in [4.69, 9.17) is 13.9 Å². The fourth-order valence-electron chi connectivity index (χ4n) is 3.81. The smallest absolute Gasteiger partial charge is 0.288 e. The molecule has 0 saturated heterocycles. The number of carbonyl (C=O) groups is 1. The Morgan fingerprint density at radius 1 is 1.10 bits per heavy atom. The van der Waals surface area contributed by atoms with Gasteiger partial charge in [0.25, 0.3) is 5.91 Å². The molecule has 0 bridgehead atoms. The van der Waals surface area contributed by atoms with Crippen LogP contribution >= 0.6 is 0 Å². The van der Waals surface area contributed by atoms with Crippen LogP contribution in [0.3, 0.4) is 0 Å². The molecule has 162 valence electrons. The molecular weight excluding hydrogens is 394 g/mol. The summed E-state index contributed by atoms with van der Waals surface area (Å²) in [7, 11) is 1.57. The third-order valence-corrected chi connectivity index (χ3v) is 5.64. The Bertz CT molecular complexity index is 1190. The van der Waals surface area contributed by atoms with Gasteiger partial charge in [-0.15, -0.1) is 0 Å². The highest BCUT2D eigenvalue weighted by Gasteiger charge is 2.36. The van der Waals surface area contributed by atoms with Gasteiger partial charge in [-0.2, -0.15) is 0 Å². The summed E-state index contributed by atoms with van der Waals surface area (Å²) in [6.07, 6.45) is 1.74. The zero-order chi connectivity index (χ0) is 22.1. The van der Waals surface area contributed by atoms with Crippen LogP contribution < -0.4 is 20.2 Å².